The third-order valence-electron chi connectivity index (χ3n) is 1.57. The van der Waals surface area contributed by atoms with Crippen LogP contribution in [0.2, 0.25) is 0 Å². The molecule has 0 radical (unpaired) electrons. The Balaban J connectivity index is 3.01. The average molecular weight is 189 g/mol. The molecule has 5 heteroatoms. The second kappa shape index (κ2) is 2.75. The maximum atomic E-state index is 12.7. The summed E-state index contributed by atoms with van der Waals surface area (Å²) in [6.45, 7) is 6.41. The fourth-order valence-corrected chi connectivity index (χ4v) is 0.787. The lowest BCUT2D eigenvalue weighted by Crippen LogP contribution is -2.23. The van der Waals surface area contributed by atoms with Crippen molar-refractivity contribution in [1.82, 2.24) is 14.8 Å². The molecule has 0 bridgehead atoms. The van der Waals surface area contributed by atoms with Crippen LogP contribution in [0, 0.1) is 0 Å². The van der Waals surface area contributed by atoms with Gasteiger partial charge in [0.1, 0.15) is 6.33 Å². The van der Waals surface area contributed by atoms with E-state index in [1.807, 2.05) is 20.8 Å². The maximum absolute atomic E-state index is 12.7. The Labute approximate surface area is 75.8 Å². The van der Waals surface area contributed by atoms with Gasteiger partial charge in [-0.3, -0.25) is 0 Å². The smallest absolute Gasteiger partial charge is 0.247 e. The number of rotatable bonds is 1. The molecule has 3 nitrogen and oxygen atoms in total. The molecule has 0 saturated carbocycles. The highest BCUT2D eigenvalue weighted by molar-refractivity contribution is 4.92. The Bertz CT molecular complexity index is 265. The van der Waals surface area contributed by atoms with E-state index in [-0.39, 0.29) is 5.54 Å². The van der Waals surface area contributed by atoms with Gasteiger partial charge in [0.05, 0.1) is 5.54 Å². The molecule has 0 fully saturated rings. The highest BCUT2D eigenvalue weighted by Crippen LogP contribution is 2.24. The molecule has 0 atom stereocenters. The van der Waals surface area contributed by atoms with Gasteiger partial charge in [-0.25, -0.2) is 9.67 Å². The summed E-state index contributed by atoms with van der Waals surface area (Å²) in [6, 6.07) is 0. The number of halogens is 2. The molecular weight excluding hydrogens is 176 g/mol. The average Bonchev–Trinajstić information content (AvgIpc) is 2.28. The van der Waals surface area contributed by atoms with Crippen molar-refractivity contribution in [2.75, 3.05) is 0 Å². The molecule has 0 saturated heterocycles. The van der Waals surface area contributed by atoms with Crippen molar-refractivity contribution in [3.63, 3.8) is 0 Å². The summed E-state index contributed by atoms with van der Waals surface area (Å²) in [7, 11) is 0. The topological polar surface area (TPSA) is 30.7 Å². The molecule has 13 heavy (non-hydrogen) atoms. The summed E-state index contributed by atoms with van der Waals surface area (Å²) in [5.41, 5.74) is -0.309. The second-order valence-electron chi connectivity index (χ2n) is 4.07. The zero-order valence-electron chi connectivity index (χ0n) is 8.17. The van der Waals surface area contributed by atoms with Gasteiger partial charge in [0.25, 0.3) is 0 Å². The standard InChI is InChI=1S/C8H13F2N3/c1-7(2,3)13-5-11-6(12-13)8(4,9)10/h5H,1-4H3. The molecule has 1 aromatic rings. The first kappa shape index (κ1) is 10.1. The van der Waals surface area contributed by atoms with Crippen LogP contribution in [0.4, 0.5) is 8.78 Å². The van der Waals surface area contributed by atoms with Crippen molar-refractivity contribution in [3.8, 4) is 0 Å². The molecular formula is C8H13F2N3. The van der Waals surface area contributed by atoms with Gasteiger partial charge in [-0.15, -0.1) is 5.10 Å². The van der Waals surface area contributed by atoms with Gasteiger partial charge < -0.3 is 0 Å². The summed E-state index contributed by atoms with van der Waals surface area (Å²) >= 11 is 0. The van der Waals surface area contributed by atoms with Crippen molar-refractivity contribution in [2.45, 2.75) is 39.2 Å². The highest BCUT2D eigenvalue weighted by atomic mass is 19.3. The van der Waals surface area contributed by atoms with E-state index in [9.17, 15) is 8.78 Å². The molecule has 0 unspecified atom stereocenters. The first-order valence-corrected chi connectivity index (χ1v) is 4.02. The normalized spacial score (nSPS) is 13.4. The molecule has 1 heterocycles. The number of nitrogens with zero attached hydrogens (tertiary/aromatic N) is 3. The lowest BCUT2D eigenvalue weighted by Gasteiger charge is -2.17. The zero-order valence-corrected chi connectivity index (χ0v) is 8.17. The highest BCUT2D eigenvalue weighted by Gasteiger charge is 2.30. The van der Waals surface area contributed by atoms with E-state index < -0.39 is 11.7 Å². The molecule has 1 rings (SSSR count). The Morgan fingerprint density at radius 2 is 1.77 bits per heavy atom. The molecule has 0 aliphatic rings. The van der Waals surface area contributed by atoms with Gasteiger partial charge >= 0.3 is 5.92 Å². The number of alkyl halides is 2. The first-order chi connectivity index (χ1) is 5.71. The van der Waals surface area contributed by atoms with Crippen molar-refractivity contribution in [3.05, 3.63) is 12.2 Å². The summed E-state index contributed by atoms with van der Waals surface area (Å²) in [4.78, 5) is 3.56. The SMILES string of the molecule is CC(F)(F)c1ncn(C(C)(C)C)n1. The van der Waals surface area contributed by atoms with Crippen LogP contribution in [-0.2, 0) is 11.5 Å². The van der Waals surface area contributed by atoms with E-state index in [4.69, 9.17) is 0 Å². The van der Waals surface area contributed by atoms with Crippen molar-refractivity contribution < 1.29 is 8.78 Å². The predicted molar refractivity (Wildman–Crippen MR) is 44.6 cm³/mol. The van der Waals surface area contributed by atoms with Crippen molar-refractivity contribution >= 4 is 0 Å². The molecule has 0 amide bonds. The van der Waals surface area contributed by atoms with Crippen LogP contribution < -0.4 is 0 Å². The van der Waals surface area contributed by atoms with Crippen molar-refractivity contribution in [2.24, 2.45) is 0 Å². The summed E-state index contributed by atoms with van der Waals surface area (Å²) in [6.07, 6.45) is 1.33. The maximum Gasteiger partial charge on any atom is 0.305 e. The molecule has 0 spiro atoms. The summed E-state index contributed by atoms with van der Waals surface area (Å²) < 4.78 is 26.9. The fourth-order valence-electron chi connectivity index (χ4n) is 0.787. The summed E-state index contributed by atoms with van der Waals surface area (Å²) in [5.74, 6) is -3.39. The van der Waals surface area contributed by atoms with E-state index in [0.717, 1.165) is 6.92 Å². The third-order valence-corrected chi connectivity index (χ3v) is 1.57. The van der Waals surface area contributed by atoms with Crippen LogP contribution >= 0.6 is 0 Å². The lowest BCUT2D eigenvalue weighted by atomic mass is 10.1. The van der Waals surface area contributed by atoms with Crippen LogP contribution in [0.25, 0.3) is 0 Å². The van der Waals surface area contributed by atoms with Crippen LogP contribution in [0.5, 0.6) is 0 Å². The Morgan fingerprint density at radius 1 is 1.23 bits per heavy atom. The summed E-state index contributed by atoms with van der Waals surface area (Å²) in [5, 5.41) is 3.71. The van der Waals surface area contributed by atoms with Crippen molar-refractivity contribution in [1.29, 1.82) is 0 Å². The second-order valence-corrected chi connectivity index (χ2v) is 4.07. The Kier molecular flexibility index (Phi) is 2.13. The zero-order chi connectivity index (χ0) is 10.3. The number of aromatic nitrogens is 3. The van der Waals surface area contributed by atoms with Gasteiger partial charge in [0.15, 0.2) is 0 Å². The minimum atomic E-state index is -2.96. The fraction of sp³-hybridized carbons (Fsp3) is 0.750. The van der Waals surface area contributed by atoms with Crippen LogP contribution in [0.1, 0.15) is 33.5 Å². The minimum absolute atomic E-state index is 0.309. The molecule has 0 aliphatic heterocycles. The Morgan fingerprint density at radius 3 is 2.00 bits per heavy atom. The van der Waals surface area contributed by atoms with Crippen LogP contribution in [0.3, 0.4) is 0 Å². The lowest BCUT2D eigenvalue weighted by molar-refractivity contribution is 0.00716. The largest absolute Gasteiger partial charge is 0.305 e. The Hall–Kier alpha value is -1.00. The molecule has 0 aliphatic carbocycles. The third kappa shape index (κ3) is 2.23. The minimum Gasteiger partial charge on any atom is -0.247 e. The van der Waals surface area contributed by atoms with E-state index in [0.29, 0.717) is 0 Å². The quantitative estimate of drug-likeness (QED) is 0.677. The molecule has 1 aromatic heterocycles. The van der Waals surface area contributed by atoms with Gasteiger partial charge in [-0.05, 0) is 20.8 Å². The monoisotopic (exact) mass is 189 g/mol. The van der Waals surface area contributed by atoms with Gasteiger partial charge in [0, 0.05) is 6.92 Å². The van der Waals surface area contributed by atoms with Gasteiger partial charge in [-0.1, -0.05) is 0 Å². The number of hydrogen-bond acceptors (Lipinski definition) is 2. The first-order valence-electron chi connectivity index (χ1n) is 4.02. The van der Waals surface area contributed by atoms with Crippen LogP contribution in [-0.4, -0.2) is 14.8 Å². The van der Waals surface area contributed by atoms with E-state index in [1.165, 1.54) is 11.0 Å². The molecule has 74 valence electrons. The predicted octanol–water partition coefficient (Wildman–Crippen LogP) is 2.14. The van der Waals surface area contributed by atoms with E-state index in [2.05, 4.69) is 10.1 Å². The number of hydrogen-bond donors (Lipinski definition) is 0. The van der Waals surface area contributed by atoms with Gasteiger partial charge in [0.2, 0.25) is 5.82 Å². The van der Waals surface area contributed by atoms with Crippen LogP contribution in [0.15, 0.2) is 6.33 Å². The molecule has 0 N–H and O–H groups in total. The molecule has 0 aromatic carbocycles. The van der Waals surface area contributed by atoms with E-state index >= 15 is 0 Å². The van der Waals surface area contributed by atoms with E-state index in [1.54, 1.807) is 0 Å². The van der Waals surface area contributed by atoms with Gasteiger partial charge in [-0.2, -0.15) is 8.78 Å².